The number of amides is 1. The van der Waals surface area contributed by atoms with Gasteiger partial charge in [0.15, 0.2) is 5.43 Å². The number of hydrogen-bond acceptors (Lipinski definition) is 5. The summed E-state index contributed by atoms with van der Waals surface area (Å²) in [5.41, 5.74) is 2.29. The van der Waals surface area contributed by atoms with E-state index in [4.69, 9.17) is 9.15 Å². The van der Waals surface area contributed by atoms with E-state index in [-0.39, 0.29) is 17.1 Å². The smallest absolute Gasteiger partial charge is 0.291 e. The Kier molecular flexibility index (Phi) is 5.03. The van der Waals surface area contributed by atoms with Gasteiger partial charge in [-0.25, -0.2) is 0 Å². The van der Waals surface area contributed by atoms with E-state index in [2.05, 4.69) is 11.6 Å². The molecule has 158 valence electrons. The minimum absolute atomic E-state index is 0.0970. The molecule has 3 heterocycles. The monoisotopic (exact) mass is 424 g/mol. The molecular weight excluding hydrogens is 404 g/mol. The second-order valence-electron chi connectivity index (χ2n) is 7.53. The summed E-state index contributed by atoms with van der Waals surface area (Å²) in [6.07, 6.45) is 5.04. The van der Waals surface area contributed by atoms with Crippen LogP contribution < -0.4 is 10.2 Å². The lowest BCUT2D eigenvalue weighted by Crippen LogP contribution is -2.29. The van der Waals surface area contributed by atoms with Crippen molar-refractivity contribution in [3.05, 3.63) is 118 Å². The number of carbonyl (C=O) groups excluding carboxylic acids is 1. The van der Waals surface area contributed by atoms with Crippen LogP contribution in [0, 0.1) is 0 Å². The maximum Gasteiger partial charge on any atom is 0.291 e. The fraction of sp³-hybridized carbons (Fsp3) is 0.115. The summed E-state index contributed by atoms with van der Waals surface area (Å²) < 4.78 is 11.5. The molecule has 0 bridgehead atoms. The Balaban J connectivity index is 1.65. The molecule has 32 heavy (non-hydrogen) atoms. The van der Waals surface area contributed by atoms with Gasteiger partial charge in [0.2, 0.25) is 5.76 Å². The highest BCUT2D eigenvalue weighted by Crippen LogP contribution is 2.39. The van der Waals surface area contributed by atoms with E-state index in [0.29, 0.717) is 35.4 Å². The second-order valence-corrected chi connectivity index (χ2v) is 7.53. The summed E-state index contributed by atoms with van der Waals surface area (Å²) in [7, 11) is 0. The van der Waals surface area contributed by atoms with Gasteiger partial charge in [-0.2, -0.15) is 0 Å². The number of para-hydroxylation sites is 1. The third-order valence-corrected chi connectivity index (χ3v) is 5.54. The van der Waals surface area contributed by atoms with E-state index in [1.807, 2.05) is 36.4 Å². The molecule has 1 amide bonds. The lowest BCUT2D eigenvalue weighted by Gasteiger charge is -2.25. The predicted molar refractivity (Wildman–Crippen MR) is 121 cm³/mol. The van der Waals surface area contributed by atoms with Crippen LogP contribution >= 0.6 is 0 Å². The Labute approximate surface area is 184 Å². The van der Waals surface area contributed by atoms with Crippen LogP contribution in [0.5, 0.6) is 5.75 Å². The summed E-state index contributed by atoms with van der Waals surface area (Å²) >= 11 is 0. The van der Waals surface area contributed by atoms with Gasteiger partial charge in [-0.3, -0.25) is 14.6 Å². The van der Waals surface area contributed by atoms with Crippen molar-refractivity contribution >= 4 is 16.9 Å². The highest BCUT2D eigenvalue weighted by atomic mass is 16.5. The summed E-state index contributed by atoms with van der Waals surface area (Å²) in [6.45, 7) is 4.37. The summed E-state index contributed by atoms with van der Waals surface area (Å²) in [6, 6.07) is 17.5. The highest BCUT2D eigenvalue weighted by Gasteiger charge is 2.42. The van der Waals surface area contributed by atoms with Crippen molar-refractivity contribution in [2.24, 2.45) is 0 Å². The van der Waals surface area contributed by atoms with Crippen molar-refractivity contribution in [3.8, 4) is 5.75 Å². The first-order chi connectivity index (χ1) is 15.7. The Bertz CT molecular complexity index is 1360. The van der Waals surface area contributed by atoms with Crippen molar-refractivity contribution in [1.82, 2.24) is 9.88 Å². The molecule has 6 heteroatoms. The molecule has 1 aliphatic heterocycles. The first-order valence-electron chi connectivity index (χ1n) is 10.3. The molecule has 1 aliphatic rings. The fourth-order valence-corrected chi connectivity index (χ4v) is 4.06. The maximum absolute atomic E-state index is 13.5. The lowest BCUT2D eigenvalue weighted by molar-refractivity contribution is 0.0714. The summed E-state index contributed by atoms with van der Waals surface area (Å²) in [4.78, 5) is 32.6. The number of benzene rings is 2. The van der Waals surface area contributed by atoms with Gasteiger partial charge in [0, 0.05) is 18.9 Å². The maximum atomic E-state index is 13.5. The van der Waals surface area contributed by atoms with Crippen molar-refractivity contribution in [1.29, 1.82) is 0 Å². The molecule has 0 spiro atoms. The van der Waals surface area contributed by atoms with Crippen molar-refractivity contribution in [2.75, 3.05) is 6.61 Å². The molecule has 0 aliphatic carbocycles. The predicted octanol–water partition coefficient (Wildman–Crippen LogP) is 4.50. The van der Waals surface area contributed by atoms with Gasteiger partial charge in [0.25, 0.3) is 5.91 Å². The summed E-state index contributed by atoms with van der Waals surface area (Å²) in [5, 5.41) is 0.459. The minimum atomic E-state index is -0.569. The van der Waals surface area contributed by atoms with Crippen molar-refractivity contribution < 1.29 is 13.9 Å². The van der Waals surface area contributed by atoms with E-state index in [0.717, 1.165) is 11.1 Å². The van der Waals surface area contributed by atoms with E-state index in [1.165, 1.54) is 0 Å². The fourth-order valence-electron chi connectivity index (χ4n) is 4.06. The Morgan fingerprint density at radius 1 is 1.03 bits per heavy atom. The summed E-state index contributed by atoms with van der Waals surface area (Å²) in [5.74, 6) is 0.473. The largest absolute Gasteiger partial charge is 0.490 e. The van der Waals surface area contributed by atoms with Crippen LogP contribution in [0.2, 0.25) is 0 Å². The zero-order valence-electron chi connectivity index (χ0n) is 17.2. The normalized spacial score (nSPS) is 15.1. The van der Waals surface area contributed by atoms with Crippen molar-refractivity contribution in [3.63, 3.8) is 0 Å². The number of nitrogens with zero attached hydrogens (tertiary/aromatic N) is 2. The van der Waals surface area contributed by atoms with Gasteiger partial charge in [-0.15, -0.1) is 0 Å². The highest BCUT2D eigenvalue weighted by molar-refractivity contribution is 5.99. The number of aromatic nitrogens is 1. The molecule has 0 saturated heterocycles. The van der Waals surface area contributed by atoms with Crippen molar-refractivity contribution in [2.45, 2.75) is 12.6 Å². The molecule has 0 N–H and O–H groups in total. The van der Waals surface area contributed by atoms with Gasteiger partial charge in [0.1, 0.15) is 17.9 Å². The molecule has 0 saturated carbocycles. The van der Waals surface area contributed by atoms with Gasteiger partial charge in [0.05, 0.1) is 17.0 Å². The Morgan fingerprint density at radius 2 is 1.78 bits per heavy atom. The molecule has 2 aromatic carbocycles. The molecule has 6 nitrogen and oxygen atoms in total. The van der Waals surface area contributed by atoms with Gasteiger partial charge in [-0.05, 0) is 47.5 Å². The molecule has 0 radical (unpaired) electrons. The third-order valence-electron chi connectivity index (χ3n) is 5.54. The first kappa shape index (κ1) is 19.8. The number of pyridine rings is 1. The number of fused-ring (bicyclic) bond motifs is 2. The van der Waals surface area contributed by atoms with Crippen LogP contribution in [0.25, 0.3) is 11.0 Å². The number of rotatable bonds is 6. The van der Waals surface area contributed by atoms with Gasteiger partial charge in [-0.1, -0.05) is 36.9 Å². The van der Waals surface area contributed by atoms with Crippen LogP contribution in [0.3, 0.4) is 0 Å². The number of ether oxygens (including phenoxy) is 1. The van der Waals surface area contributed by atoms with Crippen LogP contribution in [0.1, 0.15) is 33.3 Å². The van der Waals surface area contributed by atoms with Gasteiger partial charge < -0.3 is 14.1 Å². The average molecular weight is 424 g/mol. The first-order valence-corrected chi connectivity index (χ1v) is 10.3. The number of carbonyl (C=O) groups is 1. The molecule has 2 aromatic heterocycles. The molecule has 0 fully saturated rings. The quantitative estimate of drug-likeness (QED) is 0.426. The molecule has 1 atom stereocenters. The molecule has 5 rings (SSSR count). The zero-order valence-corrected chi connectivity index (χ0v) is 17.2. The third kappa shape index (κ3) is 3.36. The lowest BCUT2D eigenvalue weighted by atomic mass is 9.98. The topological polar surface area (TPSA) is 72.6 Å². The molecule has 0 unspecified atom stereocenters. The standard InChI is InChI=1S/C26H20N2O4/c1-2-15-31-19-9-7-18(8-10-19)23-22-24(29)20-5-3-4-6-21(20)32-25(22)26(30)28(23)16-17-11-13-27-14-12-17/h2-14,23H,1,15-16H2/t23-/m1/s1. The van der Waals surface area contributed by atoms with Crippen LogP contribution in [0.15, 0.2) is 94.9 Å². The van der Waals surface area contributed by atoms with E-state index in [9.17, 15) is 9.59 Å². The Hall–Kier alpha value is -4.19. The SMILES string of the molecule is C=CCOc1ccc([C@@H]2c3c(oc4ccccc4c3=O)C(=O)N2Cc2ccncc2)cc1. The van der Waals surface area contributed by atoms with Crippen LogP contribution in [-0.4, -0.2) is 22.4 Å². The van der Waals surface area contributed by atoms with Gasteiger partial charge >= 0.3 is 0 Å². The van der Waals surface area contributed by atoms with E-state index in [1.54, 1.807) is 47.6 Å². The number of hydrogen-bond donors (Lipinski definition) is 0. The van der Waals surface area contributed by atoms with E-state index < -0.39 is 6.04 Å². The zero-order chi connectivity index (χ0) is 22.1. The second kappa shape index (κ2) is 8.15. The van der Waals surface area contributed by atoms with E-state index >= 15 is 0 Å². The Morgan fingerprint density at radius 3 is 2.53 bits per heavy atom. The van der Waals surface area contributed by atoms with Crippen LogP contribution in [-0.2, 0) is 6.54 Å². The van der Waals surface area contributed by atoms with Crippen LogP contribution in [0.4, 0.5) is 0 Å². The molecule has 4 aromatic rings. The average Bonchev–Trinajstić information content (AvgIpc) is 3.10. The molecular formula is C26H20N2O4. The minimum Gasteiger partial charge on any atom is -0.490 e.